The van der Waals surface area contributed by atoms with E-state index in [4.69, 9.17) is 4.74 Å². The van der Waals surface area contributed by atoms with Gasteiger partial charge in [-0.15, -0.1) is 0 Å². The summed E-state index contributed by atoms with van der Waals surface area (Å²) in [5.41, 5.74) is 2.62. The number of nitrogens with zero attached hydrogens (tertiary/aromatic N) is 2. The summed E-state index contributed by atoms with van der Waals surface area (Å²) in [6.07, 6.45) is 3.36. The second-order valence-electron chi connectivity index (χ2n) is 4.61. The summed E-state index contributed by atoms with van der Waals surface area (Å²) < 4.78 is 5.06. The van der Waals surface area contributed by atoms with Crippen LogP contribution in [0.4, 0.5) is 16.4 Å². The van der Waals surface area contributed by atoms with Crippen molar-refractivity contribution in [2.45, 2.75) is 0 Å². The molecule has 3 aromatic rings. The van der Waals surface area contributed by atoms with Crippen molar-refractivity contribution in [1.29, 1.82) is 0 Å². The highest BCUT2D eigenvalue weighted by Crippen LogP contribution is 2.20. The van der Waals surface area contributed by atoms with Gasteiger partial charge in [0, 0.05) is 23.6 Å². The van der Waals surface area contributed by atoms with Crippen LogP contribution in [-0.4, -0.2) is 23.1 Å². The highest BCUT2D eigenvalue weighted by atomic mass is 32.1. The van der Waals surface area contributed by atoms with Gasteiger partial charge in [0.15, 0.2) is 0 Å². The predicted molar refractivity (Wildman–Crippen MR) is 91.0 cm³/mol. The quantitative estimate of drug-likeness (QED) is 0.763. The molecule has 2 amide bonds. The van der Waals surface area contributed by atoms with E-state index >= 15 is 0 Å². The monoisotopic (exact) mass is 326 g/mol. The lowest BCUT2D eigenvalue weighted by Crippen LogP contribution is -2.20. The molecule has 0 unspecified atom stereocenters. The number of amides is 2. The topological polar surface area (TPSA) is 76.1 Å². The minimum absolute atomic E-state index is 0.245. The summed E-state index contributed by atoms with van der Waals surface area (Å²) in [4.78, 5) is 20.2. The molecule has 2 heterocycles. The van der Waals surface area contributed by atoms with Crippen molar-refractivity contribution in [3.05, 3.63) is 53.5 Å². The van der Waals surface area contributed by atoms with E-state index in [0.717, 1.165) is 16.9 Å². The molecule has 0 aliphatic carbocycles. The molecule has 0 aliphatic heterocycles. The van der Waals surface area contributed by atoms with Crippen molar-refractivity contribution in [1.82, 2.24) is 9.97 Å². The Morgan fingerprint density at radius 1 is 1.04 bits per heavy atom. The Bertz CT molecular complexity index is 771. The second kappa shape index (κ2) is 6.89. The molecule has 0 bridgehead atoms. The number of nitrogens with one attached hydrogen (secondary N) is 2. The number of benzene rings is 1. The van der Waals surface area contributed by atoms with Crippen molar-refractivity contribution in [2.75, 3.05) is 17.7 Å². The SMILES string of the molecule is COc1ccc(NC(=O)Nc2ncc(-c3ccsc3)cn2)cc1. The van der Waals surface area contributed by atoms with Gasteiger partial charge in [-0.1, -0.05) is 0 Å². The number of methoxy groups -OCH3 is 1. The number of carbonyl (C=O) groups excluding carboxylic acids is 1. The van der Waals surface area contributed by atoms with E-state index < -0.39 is 6.03 Å². The summed E-state index contributed by atoms with van der Waals surface area (Å²) in [5.74, 6) is 0.971. The lowest BCUT2D eigenvalue weighted by Gasteiger charge is -2.07. The van der Waals surface area contributed by atoms with Crippen LogP contribution in [0.3, 0.4) is 0 Å². The molecule has 0 aliphatic rings. The fourth-order valence-electron chi connectivity index (χ4n) is 1.91. The maximum atomic E-state index is 11.9. The Balaban J connectivity index is 1.61. The Labute approximate surface area is 137 Å². The van der Waals surface area contributed by atoms with Crippen LogP contribution < -0.4 is 15.4 Å². The number of hydrogen-bond donors (Lipinski definition) is 2. The van der Waals surface area contributed by atoms with Gasteiger partial charge in [0.25, 0.3) is 0 Å². The average Bonchev–Trinajstić information content (AvgIpc) is 3.11. The average molecular weight is 326 g/mol. The van der Waals surface area contributed by atoms with Crippen LogP contribution in [0, 0.1) is 0 Å². The maximum Gasteiger partial charge on any atom is 0.326 e. The van der Waals surface area contributed by atoms with Gasteiger partial charge in [0.05, 0.1) is 7.11 Å². The van der Waals surface area contributed by atoms with E-state index in [1.165, 1.54) is 0 Å². The van der Waals surface area contributed by atoms with Gasteiger partial charge in [-0.2, -0.15) is 11.3 Å². The number of anilines is 2. The molecule has 0 atom stereocenters. The summed E-state index contributed by atoms with van der Waals surface area (Å²) in [7, 11) is 1.59. The van der Waals surface area contributed by atoms with Crippen LogP contribution in [0.15, 0.2) is 53.5 Å². The normalized spacial score (nSPS) is 10.1. The summed E-state index contributed by atoms with van der Waals surface area (Å²) in [5, 5.41) is 9.30. The van der Waals surface area contributed by atoms with Gasteiger partial charge < -0.3 is 10.1 Å². The molecule has 2 aromatic heterocycles. The minimum atomic E-state index is -0.404. The van der Waals surface area contributed by atoms with Crippen molar-refractivity contribution < 1.29 is 9.53 Å². The molecule has 0 saturated carbocycles. The molecule has 0 fully saturated rings. The number of urea groups is 1. The maximum absolute atomic E-state index is 11.9. The van der Waals surface area contributed by atoms with Crippen molar-refractivity contribution in [3.63, 3.8) is 0 Å². The van der Waals surface area contributed by atoms with E-state index in [2.05, 4.69) is 20.6 Å². The number of ether oxygens (including phenoxy) is 1. The number of aromatic nitrogens is 2. The smallest absolute Gasteiger partial charge is 0.326 e. The van der Waals surface area contributed by atoms with Gasteiger partial charge in [0.2, 0.25) is 5.95 Å². The predicted octanol–water partition coefficient (Wildman–Crippen LogP) is 3.86. The summed E-state index contributed by atoms with van der Waals surface area (Å²) in [6, 6.07) is 8.62. The molecule has 0 spiro atoms. The first-order valence-corrected chi connectivity index (χ1v) is 7.75. The fourth-order valence-corrected chi connectivity index (χ4v) is 2.57. The third kappa shape index (κ3) is 3.83. The van der Waals surface area contributed by atoms with E-state index in [9.17, 15) is 4.79 Å². The van der Waals surface area contributed by atoms with Crippen LogP contribution in [0.1, 0.15) is 0 Å². The molecule has 2 N–H and O–H groups in total. The second-order valence-corrected chi connectivity index (χ2v) is 5.40. The largest absolute Gasteiger partial charge is 0.497 e. The third-order valence-electron chi connectivity index (χ3n) is 3.08. The lowest BCUT2D eigenvalue weighted by atomic mass is 10.2. The van der Waals surface area contributed by atoms with Gasteiger partial charge >= 0.3 is 6.03 Å². The number of thiophene rings is 1. The standard InChI is InChI=1S/C16H14N4O2S/c1-22-14-4-2-13(3-5-14)19-16(21)20-15-17-8-12(9-18-15)11-6-7-23-10-11/h2-10H,1H3,(H2,17,18,19,20,21). The van der Waals surface area contributed by atoms with Crippen LogP contribution in [0.5, 0.6) is 5.75 Å². The molecule has 116 valence electrons. The molecule has 6 nitrogen and oxygen atoms in total. The van der Waals surface area contributed by atoms with Gasteiger partial charge in [0.1, 0.15) is 5.75 Å². The zero-order chi connectivity index (χ0) is 16.1. The van der Waals surface area contributed by atoms with Crippen molar-refractivity contribution in [2.24, 2.45) is 0 Å². The lowest BCUT2D eigenvalue weighted by molar-refractivity contribution is 0.262. The first-order valence-electron chi connectivity index (χ1n) is 6.81. The highest BCUT2D eigenvalue weighted by molar-refractivity contribution is 7.08. The molecular formula is C16H14N4O2S. The Kier molecular flexibility index (Phi) is 4.49. The number of hydrogen-bond acceptors (Lipinski definition) is 5. The number of rotatable bonds is 4. The molecule has 1 aromatic carbocycles. The molecule has 7 heteroatoms. The first kappa shape index (κ1) is 15.0. The van der Waals surface area contributed by atoms with Crippen molar-refractivity contribution >= 4 is 29.0 Å². The minimum Gasteiger partial charge on any atom is -0.497 e. The molecule has 3 rings (SSSR count). The van der Waals surface area contributed by atoms with E-state index in [1.807, 2.05) is 16.8 Å². The molecule has 0 saturated heterocycles. The summed E-state index contributed by atoms with van der Waals surface area (Å²) in [6.45, 7) is 0. The molecule has 0 radical (unpaired) electrons. The summed E-state index contributed by atoms with van der Waals surface area (Å²) >= 11 is 1.61. The Hall–Kier alpha value is -2.93. The molecular weight excluding hydrogens is 312 g/mol. The first-order chi connectivity index (χ1) is 11.2. The van der Waals surface area contributed by atoms with Gasteiger partial charge in [-0.3, -0.25) is 5.32 Å². The zero-order valence-corrected chi connectivity index (χ0v) is 13.1. The van der Waals surface area contributed by atoms with E-state index in [-0.39, 0.29) is 5.95 Å². The number of carbonyl (C=O) groups is 1. The van der Waals surface area contributed by atoms with Gasteiger partial charge in [-0.05, 0) is 46.7 Å². The fraction of sp³-hybridized carbons (Fsp3) is 0.0625. The third-order valence-corrected chi connectivity index (χ3v) is 3.76. The van der Waals surface area contributed by atoms with E-state index in [0.29, 0.717) is 5.69 Å². The van der Waals surface area contributed by atoms with Crippen molar-refractivity contribution in [3.8, 4) is 16.9 Å². The Morgan fingerprint density at radius 3 is 2.39 bits per heavy atom. The highest BCUT2D eigenvalue weighted by Gasteiger charge is 2.06. The van der Waals surface area contributed by atoms with Crippen LogP contribution in [0.25, 0.3) is 11.1 Å². The van der Waals surface area contributed by atoms with Gasteiger partial charge in [-0.25, -0.2) is 14.8 Å². The molecule has 23 heavy (non-hydrogen) atoms. The van der Waals surface area contributed by atoms with Crippen LogP contribution in [-0.2, 0) is 0 Å². The van der Waals surface area contributed by atoms with Crippen LogP contribution in [0.2, 0.25) is 0 Å². The van der Waals surface area contributed by atoms with Crippen LogP contribution >= 0.6 is 11.3 Å². The Morgan fingerprint density at radius 2 is 1.78 bits per heavy atom. The zero-order valence-electron chi connectivity index (χ0n) is 12.3. The van der Waals surface area contributed by atoms with E-state index in [1.54, 1.807) is 55.1 Å².